The van der Waals surface area contributed by atoms with Crippen molar-refractivity contribution < 1.29 is 19.1 Å². The van der Waals surface area contributed by atoms with Crippen LogP contribution in [0.25, 0.3) is 0 Å². The van der Waals surface area contributed by atoms with Gasteiger partial charge in [0.15, 0.2) is 11.5 Å². The summed E-state index contributed by atoms with van der Waals surface area (Å²) in [6.07, 6.45) is 1.64. The van der Waals surface area contributed by atoms with Crippen molar-refractivity contribution in [3.05, 3.63) is 6.33 Å². The van der Waals surface area contributed by atoms with E-state index in [0.717, 1.165) is 0 Å². The lowest BCUT2D eigenvalue weighted by Crippen LogP contribution is -2.35. The summed E-state index contributed by atoms with van der Waals surface area (Å²) in [5.41, 5.74) is 0.419. The number of esters is 1. The zero-order valence-corrected chi connectivity index (χ0v) is 12.8. The lowest BCUT2D eigenvalue weighted by molar-refractivity contribution is -0.135. The summed E-state index contributed by atoms with van der Waals surface area (Å²) < 4.78 is 10.1. The topological polar surface area (TPSA) is 90.7 Å². The predicted molar refractivity (Wildman–Crippen MR) is 77.3 cm³/mol. The van der Waals surface area contributed by atoms with Crippen molar-refractivity contribution in [2.45, 2.75) is 30.5 Å². The Hall–Kier alpha value is -1.96. The molecule has 0 N–H and O–H groups in total. The Bertz CT molecular complexity index is 603. The van der Waals surface area contributed by atoms with Gasteiger partial charge in [0.05, 0.1) is 13.7 Å². The van der Waals surface area contributed by atoms with Gasteiger partial charge in [0.2, 0.25) is 5.88 Å². The molecule has 21 heavy (non-hydrogen) atoms. The molecule has 1 aromatic rings. The van der Waals surface area contributed by atoms with Gasteiger partial charge in [-0.2, -0.15) is 4.98 Å². The van der Waals surface area contributed by atoms with E-state index in [-0.39, 0.29) is 24.0 Å². The summed E-state index contributed by atoms with van der Waals surface area (Å²) in [4.78, 5) is 36.4. The normalized spacial score (nSPS) is 16.7. The van der Waals surface area contributed by atoms with Crippen molar-refractivity contribution >= 4 is 34.9 Å². The van der Waals surface area contributed by atoms with E-state index in [9.17, 15) is 9.59 Å². The number of ether oxygens (including phenoxy) is 2. The Morgan fingerprint density at radius 1 is 1.33 bits per heavy atom. The van der Waals surface area contributed by atoms with Crippen molar-refractivity contribution in [1.29, 1.82) is 0 Å². The van der Waals surface area contributed by atoms with Gasteiger partial charge in [-0.1, -0.05) is 18.7 Å². The van der Waals surface area contributed by atoms with Crippen LogP contribution < -0.4 is 4.74 Å². The molecular formula is C13H15N3O4S. The molecule has 2 rings (SSSR count). The summed E-state index contributed by atoms with van der Waals surface area (Å²) in [5, 5.41) is -0.192. The van der Waals surface area contributed by atoms with Crippen LogP contribution >= 0.6 is 11.8 Å². The van der Waals surface area contributed by atoms with E-state index in [2.05, 4.69) is 15.0 Å². The fraction of sp³-hybridized carbons (Fsp3) is 0.462. The standard InChI is InChI=1S/C13H15N3O4S/c1-4-7(17)10-8(13(18)20-5-2)16-9-11(19-3)14-6-15-12(9)21-10/h6,10H,4-5H2,1-3H3. The molecule has 7 nitrogen and oxygen atoms in total. The molecule has 0 radical (unpaired) electrons. The third kappa shape index (κ3) is 3.05. The van der Waals surface area contributed by atoms with Crippen LogP contribution in [0.3, 0.4) is 0 Å². The van der Waals surface area contributed by atoms with Crippen LogP contribution in [0, 0.1) is 0 Å². The highest BCUT2D eigenvalue weighted by molar-refractivity contribution is 8.01. The highest BCUT2D eigenvalue weighted by atomic mass is 32.2. The van der Waals surface area contributed by atoms with Gasteiger partial charge in [-0.25, -0.2) is 14.8 Å². The third-order valence-electron chi connectivity index (χ3n) is 2.78. The smallest absolute Gasteiger partial charge is 0.354 e. The number of hydrogen-bond acceptors (Lipinski definition) is 8. The summed E-state index contributed by atoms with van der Waals surface area (Å²) in [5.74, 6) is -0.444. The highest BCUT2D eigenvalue weighted by Crippen LogP contribution is 2.41. The number of rotatable bonds is 5. The van der Waals surface area contributed by atoms with E-state index in [0.29, 0.717) is 17.1 Å². The molecule has 1 aliphatic rings. The van der Waals surface area contributed by atoms with E-state index < -0.39 is 11.2 Å². The minimum atomic E-state index is -0.707. The van der Waals surface area contributed by atoms with Crippen molar-refractivity contribution in [2.75, 3.05) is 13.7 Å². The fourth-order valence-electron chi connectivity index (χ4n) is 1.79. The maximum absolute atomic E-state index is 12.1. The summed E-state index contributed by atoms with van der Waals surface area (Å²) in [6.45, 7) is 3.65. The molecule has 1 atom stereocenters. The van der Waals surface area contributed by atoms with E-state index in [4.69, 9.17) is 9.47 Å². The van der Waals surface area contributed by atoms with Gasteiger partial charge in [-0.3, -0.25) is 4.79 Å². The van der Waals surface area contributed by atoms with Crippen LogP contribution in [-0.2, 0) is 14.3 Å². The largest absolute Gasteiger partial charge is 0.479 e. The number of nitrogens with zero attached hydrogens (tertiary/aromatic N) is 3. The molecule has 1 unspecified atom stereocenters. The highest BCUT2D eigenvalue weighted by Gasteiger charge is 2.36. The van der Waals surface area contributed by atoms with E-state index in [1.165, 1.54) is 25.2 Å². The number of carbonyl (C=O) groups is 2. The number of ketones is 1. The molecule has 2 heterocycles. The number of fused-ring (bicyclic) bond motifs is 1. The van der Waals surface area contributed by atoms with Crippen molar-refractivity contribution in [3.8, 4) is 5.88 Å². The summed E-state index contributed by atoms with van der Waals surface area (Å²) >= 11 is 1.17. The molecule has 0 fully saturated rings. The number of methoxy groups -OCH3 is 1. The maximum atomic E-state index is 12.1. The van der Waals surface area contributed by atoms with Crippen LogP contribution in [0.2, 0.25) is 0 Å². The first-order valence-electron chi connectivity index (χ1n) is 6.46. The minimum absolute atomic E-state index is 0.0642. The average molecular weight is 309 g/mol. The molecule has 112 valence electrons. The van der Waals surface area contributed by atoms with Gasteiger partial charge in [0.1, 0.15) is 22.3 Å². The lowest BCUT2D eigenvalue weighted by Gasteiger charge is -2.21. The molecule has 0 spiro atoms. The number of thioether (sulfide) groups is 1. The lowest BCUT2D eigenvalue weighted by atomic mass is 10.1. The zero-order valence-electron chi connectivity index (χ0n) is 12.0. The van der Waals surface area contributed by atoms with Crippen molar-refractivity contribution in [2.24, 2.45) is 4.99 Å². The number of hydrogen-bond donors (Lipinski definition) is 0. The number of Topliss-reactive ketones (excluding diaryl/α,β-unsaturated/α-hetero) is 1. The molecule has 0 aliphatic carbocycles. The average Bonchev–Trinajstić information content (AvgIpc) is 2.52. The zero-order chi connectivity index (χ0) is 15.4. The molecule has 1 aromatic heterocycles. The van der Waals surface area contributed by atoms with Crippen LogP contribution in [0.1, 0.15) is 20.3 Å². The van der Waals surface area contributed by atoms with E-state index >= 15 is 0 Å². The Kier molecular flexibility index (Phi) is 4.89. The molecule has 0 saturated heterocycles. The molecule has 0 bridgehead atoms. The molecule has 0 saturated carbocycles. The summed E-state index contributed by atoms with van der Waals surface area (Å²) in [6, 6.07) is 0. The predicted octanol–water partition coefficient (Wildman–Crippen LogP) is 1.57. The van der Waals surface area contributed by atoms with Gasteiger partial charge in [-0.05, 0) is 6.92 Å². The third-order valence-corrected chi connectivity index (χ3v) is 4.03. The first kappa shape index (κ1) is 15.4. The van der Waals surface area contributed by atoms with Crippen molar-refractivity contribution in [3.63, 3.8) is 0 Å². The van der Waals surface area contributed by atoms with Gasteiger partial charge in [-0.15, -0.1) is 0 Å². The van der Waals surface area contributed by atoms with Crippen LogP contribution in [0.5, 0.6) is 5.88 Å². The first-order chi connectivity index (χ1) is 10.1. The monoisotopic (exact) mass is 309 g/mol. The summed E-state index contributed by atoms with van der Waals surface area (Å²) in [7, 11) is 1.45. The molecule has 8 heteroatoms. The number of carbonyl (C=O) groups excluding carboxylic acids is 2. The first-order valence-corrected chi connectivity index (χ1v) is 7.34. The molecular weight excluding hydrogens is 294 g/mol. The molecule has 0 amide bonds. The second-order valence-electron chi connectivity index (χ2n) is 4.07. The Balaban J connectivity index is 2.50. The molecule has 0 aromatic carbocycles. The minimum Gasteiger partial charge on any atom is -0.479 e. The van der Waals surface area contributed by atoms with E-state index in [1.54, 1.807) is 13.8 Å². The quantitative estimate of drug-likeness (QED) is 0.602. The van der Waals surface area contributed by atoms with Gasteiger partial charge < -0.3 is 9.47 Å². The fourth-order valence-corrected chi connectivity index (χ4v) is 2.92. The second kappa shape index (κ2) is 6.66. The van der Waals surface area contributed by atoms with Crippen LogP contribution in [0.4, 0.5) is 5.69 Å². The van der Waals surface area contributed by atoms with Gasteiger partial charge in [0.25, 0.3) is 0 Å². The van der Waals surface area contributed by atoms with Gasteiger partial charge >= 0.3 is 5.97 Å². The van der Waals surface area contributed by atoms with E-state index in [1.807, 2.05) is 0 Å². The SMILES string of the molecule is CCOC(=O)C1=Nc2c(OC)ncnc2SC1C(=O)CC. The van der Waals surface area contributed by atoms with Crippen LogP contribution in [-0.4, -0.2) is 46.4 Å². The second-order valence-corrected chi connectivity index (χ2v) is 5.17. The Labute approximate surface area is 126 Å². The number of aliphatic imine (C=N–C) groups is 1. The van der Waals surface area contributed by atoms with Crippen molar-refractivity contribution in [1.82, 2.24) is 9.97 Å². The molecule has 1 aliphatic heterocycles. The van der Waals surface area contributed by atoms with Gasteiger partial charge in [0, 0.05) is 6.42 Å². The Morgan fingerprint density at radius 2 is 2.10 bits per heavy atom. The maximum Gasteiger partial charge on any atom is 0.354 e. The van der Waals surface area contributed by atoms with Crippen LogP contribution in [0.15, 0.2) is 16.3 Å². The number of aromatic nitrogens is 2. The Morgan fingerprint density at radius 3 is 2.71 bits per heavy atom.